The van der Waals surface area contributed by atoms with E-state index in [1.54, 1.807) is 43.4 Å². The largest absolute Gasteiger partial charge is 0.508 e. The van der Waals surface area contributed by atoms with E-state index in [0.29, 0.717) is 24.2 Å². The monoisotopic (exact) mass is 378 g/mol. The van der Waals surface area contributed by atoms with Crippen LogP contribution in [-0.2, 0) is 4.79 Å². The van der Waals surface area contributed by atoms with Gasteiger partial charge < -0.3 is 19.7 Å². The Morgan fingerprint density at radius 3 is 2.50 bits per heavy atom. The molecule has 0 radical (unpaired) electrons. The molecule has 0 fully saturated rings. The average Bonchev–Trinajstić information content (AvgIpc) is 2.66. The summed E-state index contributed by atoms with van der Waals surface area (Å²) in [6.07, 6.45) is 7.47. The molecule has 0 bridgehead atoms. The van der Waals surface area contributed by atoms with Gasteiger partial charge in [-0.25, -0.2) is 0 Å². The van der Waals surface area contributed by atoms with Crippen molar-refractivity contribution in [2.45, 2.75) is 32.3 Å². The predicted octanol–water partition coefficient (Wildman–Crippen LogP) is 4.53. The van der Waals surface area contributed by atoms with Gasteiger partial charge in [-0.05, 0) is 68.3 Å². The van der Waals surface area contributed by atoms with Crippen LogP contribution in [0.15, 0.2) is 48.6 Å². The molecule has 1 unspecified atom stereocenters. The van der Waals surface area contributed by atoms with Crippen LogP contribution < -0.4 is 4.74 Å². The zero-order chi connectivity index (χ0) is 20.3. The van der Waals surface area contributed by atoms with E-state index >= 15 is 0 Å². The van der Waals surface area contributed by atoms with Crippen molar-refractivity contribution < 1.29 is 24.5 Å². The fourth-order valence-corrected chi connectivity index (χ4v) is 2.99. The van der Waals surface area contributed by atoms with Crippen LogP contribution in [0.1, 0.15) is 48.2 Å². The second-order valence-electron chi connectivity index (χ2n) is 7.11. The van der Waals surface area contributed by atoms with Gasteiger partial charge in [0.2, 0.25) is 0 Å². The minimum Gasteiger partial charge on any atom is -0.508 e. The van der Waals surface area contributed by atoms with Gasteiger partial charge in [-0.2, -0.15) is 0 Å². The van der Waals surface area contributed by atoms with Crippen molar-refractivity contribution >= 4 is 23.7 Å². The number of benzene rings is 2. The zero-order valence-electron chi connectivity index (χ0n) is 15.8. The number of carbonyl (C=O) groups is 2. The van der Waals surface area contributed by atoms with Crippen molar-refractivity contribution in [3.8, 4) is 17.2 Å². The summed E-state index contributed by atoms with van der Waals surface area (Å²) in [6, 6.07) is 9.63. The van der Waals surface area contributed by atoms with E-state index in [2.05, 4.69) is 0 Å². The standard InChI is InChI=1S/C23H22O5/c1-15(24)11-13-23(2)14-12-19-21(28-23)10-8-18(22(19)27)20(26)9-5-16-3-6-17(25)7-4-16/h3-10,12,14,25,27H,11,13H2,1-2H3/b9-5+. The topological polar surface area (TPSA) is 83.8 Å². The van der Waals surface area contributed by atoms with E-state index < -0.39 is 5.60 Å². The predicted molar refractivity (Wildman–Crippen MR) is 108 cm³/mol. The molecule has 28 heavy (non-hydrogen) atoms. The summed E-state index contributed by atoms with van der Waals surface area (Å²) in [5.41, 5.74) is 0.752. The Morgan fingerprint density at radius 1 is 1.11 bits per heavy atom. The summed E-state index contributed by atoms with van der Waals surface area (Å²) >= 11 is 0. The van der Waals surface area contributed by atoms with Gasteiger partial charge in [0, 0.05) is 6.42 Å². The smallest absolute Gasteiger partial charge is 0.189 e. The second-order valence-corrected chi connectivity index (χ2v) is 7.11. The molecule has 5 nitrogen and oxygen atoms in total. The van der Waals surface area contributed by atoms with Crippen LogP contribution >= 0.6 is 0 Å². The molecule has 0 aliphatic carbocycles. The summed E-state index contributed by atoms with van der Waals surface area (Å²) < 4.78 is 5.97. The summed E-state index contributed by atoms with van der Waals surface area (Å²) in [4.78, 5) is 23.8. The first kappa shape index (κ1) is 19.4. The third-order valence-electron chi connectivity index (χ3n) is 4.68. The Bertz CT molecular complexity index is 969. The van der Waals surface area contributed by atoms with Gasteiger partial charge in [-0.1, -0.05) is 18.2 Å². The highest BCUT2D eigenvalue weighted by atomic mass is 16.5. The normalized spacial score (nSPS) is 17.9. The maximum Gasteiger partial charge on any atom is 0.189 e. The highest BCUT2D eigenvalue weighted by Crippen LogP contribution is 2.40. The maximum absolute atomic E-state index is 12.5. The third kappa shape index (κ3) is 4.31. The number of rotatable bonds is 6. The van der Waals surface area contributed by atoms with Crippen molar-refractivity contribution in [1.29, 1.82) is 0 Å². The van der Waals surface area contributed by atoms with Crippen LogP contribution in [0.3, 0.4) is 0 Å². The molecule has 0 saturated carbocycles. The van der Waals surface area contributed by atoms with Crippen LogP contribution in [0, 0.1) is 0 Å². The number of carbonyl (C=O) groups excluding carboxylic acids is 2. The number of ether oxygens (including phenoxy) is 1. The number of Topliss-reactive ketones (excluding diaryl/α,β-unsaturated/α-hetero) is 1. The number of allylic oxidation sites excluding steroid dienone is 1. The van der Waals surface area contributed by atoms with Crippen LogP contribution in [0.4, 0.5) is 0 Å². The van der Waals surface area contributed by atoms with E-state index in [0.717, 1.165) is 5.56 Å². The molecule has 5 heteroatoms. The van der Waals surface area contributed by atoms with Crippen molar-refractivity contribution in [3.63, 3.8) is 0 Å². The number of ketones is 2. The number of fused-ring (bicyclic) bond motifs is 1. The number of phenols is 2. The Hall–Kier alpha value is -3.34. The molecule has 2 N–H and O–H groups in total. The van der Waals surface area contributed by atoms with Gasteiger partial charge in [-0.3, -0.25) is 4.79 Å². The summed E-state index contributed by atoms with van der Waals surface area (Å²) in [7, 11) is 0. The molecular weight excluding hydrogens is 356 g/mol. The Labute approximate surface area is 163 Å². The van der Waals surface area contributed by atoms with E-state index in [-0.39, 0.29) is 28.6 Å². The van der Waals surface area contributed by atoms with Gasteiger partial charge in [0.05, 0.1) is 11.1 Å². The Balaban J connectivity index is 1.80. The van der Waals surface area contributed by atoms with Crippen molar-refractivity contribution in [1.82, 2.24) is 0 Å². The molecule has 0 aromatic heterocycles. The lowest BCUT2D eigenvalue weighted by molar-refractivity contribution is -0.117. The highest BCUT2D eigenvalue weighted by Gasteiger charge is 2.29. The quantitative estimate of drug-likeness (QED) is 0.570. The minimum atomic E-state index is -0.630. The van der Waals surface area contributed by atoms with E-state index in [1.807, 2.05) is 6.92 Å². The molecule has 1 atom stereocenters. The van der Waals surface area contributed by atoms with Crippen LogP contribution in [0.25, 0.3) is 12.2 Å². The second kappa shape index (κ2) is 7.72. The first-order valence-corrected chi connectivity index (χ1v) is 9.02. The number of phenolic OH excluding ortho intramolecular Hbond substituents is 2. The molecule has 3 rings (SSSR count). The summed E-state index contributed by atoms with van der Waals surface area (Å²) in [6.45, 7) is 3.42. The van der Waals surface area contributed by atoms with Crippen LogP contribution in [0.2, 0.25) is 0 Å². The maximum atomic E-state index is 12.5. The average molecular weight is 378 g/mol. The Kier molecular flexibility index (Phi) is 5.36. The highest BCUT2D eigenvalue weighted by molar-refractivity contribution is 6.09. The Morgan fingerprint density at radius 2 is 1.82 bits per heavy atom. The molecule has 0 spiro atoms. The van der Waals surface area contributed by atoms with Gasteiger partial charge in [-0.15, -0.1) is 0 Å². The summed E-state index contributed by atoms with van der Waals surface area (Å²) in [5, 5.41) is 19.9. The summed E-state index contributed by atoms with van der Waals surface area (Å²) in [5.74, 6) is 0.241. The van der Waals surface area contributed by atoms with Crippen molar-refractivity contribution in [2.75, 3.05) is 0 Å². The number of aromatic hydroxyl groups is 2. The molecule has 2 aromatic carbocycles. The van der Waals surface area contributed by atoms with Crippen molar-refractivity contribution in [2.24, 2.45) is 0 Å². The first-order valence-electron chi connectivity index (χ1n) is 9.02. The lowest BCUT2D eigenvalue weighted by Crippen LogP contribution is -2.32. The third-order valence-corrected chi connectivity index (χ3v) is 4.68. The van der Waals surface area contributed by atoms with Crippen molar-refractivity contribution in [3.05, 3.63) is 65.2 Å². The minimum absolute atomic E-state index is 0.0910. The molecule has 1 aliphatic rings. The number of hydrogen-bond donors (Lipinski definition) is 2. The fraction of sp³-hybridized carbons (Fsp3) is 0.217. The lowest BCUT2D eigenvalue weighted by atomic mass is 9.93. The van der Waals surface area contributed by atoms with Gasteiger partial charge >= 0.3 is 0 Å². The van der Waals surface area contributed by atoms with E-state index in [4.69, 9.17) is 4.74 Å². The van der Waals surface area contributed by atoms with Crippen LogP contribution in [0.5, 0.6) is 17.2 Å². The molecular formula is C23H22O5. The zero-order valence-corrected chi connectivity index (χ0v) is 15.8. The molecule has 0 saturated heterocycles. The molecule has 1 heterocycles. The van der Waals surface area contributed by atoms with Gasteiger partial charge in [0.25, 0.3) is 0 Å². The van der Waals surface area contributed by atoms with Gasteiger partial charge in [0.15, 0.2) is 5.78 Å². The number of hydrogen-bond acceptors (Lipinski definition) is 5. The van der Waals surface area contributed by atoms with Gasteiger partial charge in [0.1, 0.15) is 28.6 Å². The fourth-order valence-electron chi connectivity index (χ4n) is 2.99. The first-order chi connectivity index (χ1) is 13.3. The SMILES string of the molecule is CC(=O)CCC1(C)C=Cc2c(ccc(C(=O)/C=C/c3ccc(O)cc3)c2O)O1. The van der Waals surface area contributed by atoms with Crippen LogP contribution in [-0.4, -0.2) is 27.4 Å². The molecule has 144 valence electrons. The molecule has 1 aliphatic heterocycles. The van der Waals surface area contributed by atoms with E-state index in [9.17, 15) is 19.8 Å². The molecule has 2 aromatic rings. The molecule has 0 amide bonds. The van der Waals surface area contributed by atoms with E-state index in [1.165, 1.54) is 24.3 Å². The lowest BCUT2D eigenvalue weighted by Gasteiger charge is -2.32.